The predicted molar refractivity (Wildman–Crippen MR) is 95.3 cm³/mol. The van der Waals surface area contributed by atoms with Crippen molar-refractivity contribution in [2.24, 2.45) is 10.8 Å². The first kappa shape index (κ1) is 17.7. The molecule has 3 heterocycles. The molecular formula is C17H20F2N6O2. The molecule has 1 atom stereocenters. The van der Waals surface area contributed by atoms with Crippen molar-refractivity contribution in [2.45, 2.75) is 25.6 Å². The minimum Gasteiger partial charge on any atom is -0.470 e. The van der Waals surface area contributed by atoms with Gasteiger partial charge in [0.05, 0.1) is 12.2 Å². The van der Waals surface area contributed by atoms with Gasteiger partial charge in [0.15, 0.2) is 13.0 Å². The van der Waals surface area contributed by atoms with Gasteiger partial charge in [-0.25, -0.2) is 19.2 Å². The third-order valence-corrected chi connectivity index (χ3v) is 4.72. The summed E-state index contributed by atoms with van der Waals surface area (Å²) >= 11 is 0. The van der Waals surface area contributed by atoms with Crippen LogP contribution in [0.2, 0.25) is 0 Å². The lowest BCUT2D eigenvalue weighted by molar-refractivity contribution is 0.0120. The van der Waals surface area contributed by atoms with Gasteiger partial charge in [-0.1, -0.05) is 0 Å². The summed E-state index contributed by atoms with van der Waals surface area (Å²) < 4.78 is 32.5. The molecule has 4 N–H and O–H groups in total. The van der Waals surface area contributed by atoms with Crippen LogP contribution >= 0.6 is 0 Å². The highest BCUT2D eigenvalue weighted by Gasteiger charge is 2.40. The first-order chi connectivity index (χ1) is 12.9. The van der Waals surface area contributed by atoms with E-state index in [0.29, 0.717) is 11.3 Å². The summed E-state index contributed by atoms with van der Waals surface area (Å²) in [6.45, 7) is 1.62. The van der Waals surface area contributed by atoms with E-state index < -0.39 is 24.7 Å². The SMILES string of the molecule is CC1=NC(NN)NC(N2COc3cc(C(=O)N4CCC(F)(F)C4)ccc32)=C1. The van der Waals surface area contributed by atoms with Gasteiger partial charge in [0.1, 0.15) is 11.6 Å². The molecule has 0 saturated carbocycles. The Hall–Kier alpha value is -2.72. The molecule has 1 saturated heterocycles. The monoisotopic (exact) mass is 378 g/mol. The third-order valence-electron chi connectivity index (χ3n) is 4.72. The number of carbonyl (C=O) groups excluding carboxylic acids is 1. The van der Waals surface area contributed by atoms with Crippen molar-refractivity contribution in [1.82, 2.24) is 15.6 Å². The van der Waals surface area contributed by atoms with Crippen LogP contribution in [0.5, 0.6) is 5.75 Å². The molecule has 1 amide bonds. The van der Waals surface area contributed by atoms with Crippen molar-refractivity contribution < 1.29 is 18.3 Å². The summed E-state index contributed by atoms with van der Waals surface area (Å²) in [6.07, 6.45) is 1.11. The van der Waals surface area contributed by atoms with Crippen molar-refractivity contribution in [1.29, 1.82) is 0 Å². The second kappa shape index (κ2) is 6.46. The standard InChI is InChI=1S/C17H20F2N6O2/c1-10-6-14(22-16(21-10)23-20)25-9-27-13-7-11(2-3-12(13)25)15(26)24-5-4-17(18,19)8-24/h2-3,6-7,16,22-23H,4-5,8-9,20H2,1H3. The number of hydrogen-bond acceptors (Lipinski definition) is 7. The van der Waals surface area contributed by atoms with Gasteiger partial charge in [-0.2, -0.15) is 0 Å². The van der Waals surface area contributed by atoms with E-state index in [1.54, 1.807) is 18.2 Å². The molecule has 0 bridgehead atoms. The molecule has 0 spiro atoms. The van der Waals surface area contributed by atoms with Gasteiger partial charge in [0.25, 0.3) is 11.8 Å². The number of benzene rings is 1. The second-order valence-corrected chi connectivity index (χ2v) is 6.73. The smallest absolute Gasteiger partial charge is 0.267 e. The molecule has 27 heavy (non-hydrogen) atoms. The highest BCUT2D eigenvalue weighted by Crippen LogP contribution is 2.37. The van der Waals surface area contributed by atoms with Gasteiger partial charge < -0.3 is 15.0 Å². The number of nitrogens with two attached hydrogens (primary N) is 1. The van der Waals surface area contributed by atoms with Gasteiger partial charge in [0.2, 0.25) is 0 Å². The Morgan fingerprint density at radius 2 is 2.30 bits per heavy atom. The zero-order valence-electron chi connectivity index (χ0n) is 14.7. The minimum atomic E-state index is -2.81. The number of carbonyl (C=O) groups is 1. The molecule has 1 fully saturated rings. The van der Waals surface area contributed by atoms with Crippen molar-refractivity contribution in [3.8, 4) is 5.75 Å². The van der Waals surface area contributed by atoms with Crippen LogP contribution in [0.25, 0.3) is 0 Å². The number of allylic oxidation sites excluding steroid dienone is 1. The summed E-state index contributed by atoms with van der Waals surface area (Å²) in [4.78, 5) is 19.9. The number of amides is 1. The number of nitrogens with zero attached hydrogens (tertiary/aromatic N) is 3. The predicted octanol–water partition coefficient (Wildman–Crippen LogP) is 0.976. The first-order valence-corrected chi connectivity index (χ1v) is 8.56. The van der Waals surface area contributed by atoms with Crippen LogP contribution in [0.1, 0.15) is 23.7 Å². The average Bonchev–Trinajstić information content (AvgIpc) is 3.22. The number of nitrogens with one attached hydrogen (secondary N) is 2. The molecule has 1 aromatic rings. The van der Waals surface area contributed by atoms with Gasteiger partial charge in [-0.3, -0.25) is 15.5 Å². The van der Waals surface area contributed by atoms with Crippen LogP contribution in [-0.4, -0.2) is 48.6 Å². The van der Waals surface area contributed by atoms with Gasteiger partial charge >= 0.3 is 0 Å². The molecule has 144 valence electrons. The van der Waals surface area contributed by atoms with E-state index in [0.717, 1.165) is 17.2 Å². The molecular weight excluding hydrogens is 358 g/mol. The van der Waals surface area contributed by atoms with Crippen molar-refractivity contribution in [2.75, 3.05) is 24.7 Å². The largest absolute Gasteiger partial charge is 0.470 e. The van der Waals surface area contributed by atoms with E-state index in [2.05, 4.69) is 15.7 Å². The molecule has 0 radical (unpaired) electrons. The van der Waals surface area contributed by atoms with Crippen LogP contribution in [0.15, 0.2) is 35.1 Å². The molecule has 0 aromatic heterocycles. The first-order valence-electron chi connectivity index (χ1n) is 8.56. The third kappa shape index (κ3) is 3.33. The highest BCUT2D eigenvalue weighted by molar-refractivity contribution is 5.96. The fraction of sp³-hybridized carbons (Fsp3) is 0.412. The molecule has 4 rings (SSSR count). The van der Waals surface area contributed by atoms with Crippen molar-refractivity contribution in [3.63, 3.8) is 0 Å². The number of likely N-dealkylation sites (tertiary alicyclic amines) is 1. The normalized spacial score (nSPS) is 23.3. The molecule has 8 nitrogen and oxygen atoms in total. The lowest BCUT2D eigenvalue weighted by atomic mass is 10.1. The van der Waals surface area contributed by atoms with Crippen LogP contribution in [0.4, 0.5) is 14.5 Å². The van der Waals surface area contributed by atoms with E-state index >= 15 is 0 Å². The van der Waals surface area contributed by atoms with E-state index in [9.17, 15) is 13.6 Å². The number of rotatable bonds is 3. The topological polar surface area (TPSA) is 95.2 Å². The maximum absolute atomic E-state index is 13.4. The summed E-state index contributed by atoms with van der Waals surface area (Å²) in [5.41, 5.74) is 4.45. The number of hydrogen-bond donors (Lipinski definition) is 3. The zero-order valence-corrected chi connectivity index (χ0v) is 14.7. The molecule has 3 aliphatic rings. The molecule has 3 aliphatic heterocycles. The maximum Gasteiger partial charge on any atom is 0.267 e. The number of aliphatic imine (C=N–C) groups is 1. The van der Waals surface area contributed by atoms with Crippen LogP contribution < -0.4 is 26.2 Å². The Morgan fingerprint density at radius 1 is 1.48 bits per heavy atom. The fourth-order valence-electron chi connectivity index (χ4n) is 3.37. The Morgan fingerprint density at radius 3 is 3.00 bits per heavy atom. The van der Waals surface area contributed by atoms with Crippen LogP contribution in [0.3, 0.4) is 0 Å². The average molecular weight is 378 g/mol. The van der Waals surface area contributed by atoms with Gasteiger partial charge in [-0.15, -0.1) is 0 Å². The summed E-state index contributed by atoms with van der Waals surface area (Å²) in [6, 6.07) is 4.97. The number of halogens is 2. The Balaban J connectivity index is 1.55. The lowest BCUT2D eigenvalue weighted by Crippen LogP contribution is -2.49. The summed E-state index contributed by atoms with van der Waals surface area (Å²) in [7, 11) is 0. The van der Waals surface area contributed by atoms with E-state index in [-0.39, 0.29) is 19.7 Å². The Labute approximate surface area is 154 Å². The van der Waals surface area contributed by atoms with E-state index in [1.165, 1.54) is 4.90 Å². The second-order valence-electron chi connectivity index (χ2n) is 6.73. The summed E-state index contributed by atoms with van der Waals surface area (Å²) in [5, 5.41) is 3.13. The Bertz CT molecular complexity index is 841. The fourth-order valence-corrected chi connectivity index (χ4v) is 3.37. The Kier molecular flexibility index (Phi) is 4.23. The van der Waals surface area contributed by atoms with Crippen LogP contribution in [-0.2, 0) is 0 Å². The molecule has 10 heteroatoms. The molecule has 1 unspecified atom stereocenters. The zero-order chi connectivity index (χ0) is 19.2. The van der Waals surface area contributed by atoms with E-state index in [1.807, 2.05) is 17.9 Å². The number of alkyl halides is 2. The van der Waals surface area contributed by atoms with Crippen molar-refractivity contribution in [3.05, 3.63) is 35.7 Å². The number of ether oxygens (including phenoxy) is 1. The molecule has 1 aromatic carbocycles. The summed E-state index contributed by atoms with van der Waals surface area (Å²) in [5.74, 6) is 3.51. The quantitative estimate of drug-likeness (QED) is 0.536. The van der Waals surface area contributed by atoms with E-state index in [4.69, 9.17) is 10.6 Å². The number of fused-ring (bicyclic) bond motifs is 1. The van der Waals surface area contributed by atoms with Gasteiger partial charge in [0, 0.05) is 24.2 Å². The number of hydrazine groups is 1. The maximum atomic E-state index is 13.4. The highest BCUT2D eigenvalue weighted by atomic mass is 19.3. The van der Waals surface area contributed by atoms with Crippen molar-refractivity contribution >= 4 is 17.3 Å². The molecule has 0 aliphatic carbocycles. The minimum absolute atomic E-state index is 0.0544. The number of anilines is 1. The van der Waals surface area contributed by atoms with Gasteiger partial charge in [-0.05, 0) is 31.2 Å². The van der Waals surface area contributed by atoms with Crippen LogP contribution in [0, 0.1) is 0 Å². The lowest BCUT2D eigenvalue weighted by Gasteiger charge is -2.28.